The zero-order chi connectivity index (χ0) is 14.4. The summed E-state index contributed by atoms with van der Waals surface area (Å²) < 4.78 is 8.15. The highest BCUT2D eigenvalue weighted by atomic mass is 79.9. The first-order valence-corrected chi connectivity index (χ1v) is 6.76. The molecule has 0 spiro atoms. The predicted octanol–water partition coefficient (Wildman–Crippen LogP) is 3.70. The third kappa shape index (κ3) is 1.84. The van der Waals surface area contributed by atoms with Crippen LogP contribution in [0.3, 0.4) is 0 Å². The molecule has 0 unspecified atom stereocenters. The Bertz CT molecular complexity index is 832. The minimum atomic E-state index is -1.00. The van der Waals surface area contributed by atoms with Gasteiger partial charge < -0.3 is 9.52 Å². The van der Waals surface area contributed by atoms with E-state index in [1.807, 2.05) is 24.3 Å². The van der Waals surface area contributed by atoms with Gasteiger partial charge >= 0.3 is 5.97 Å². The maximum atomic E-state index is 11.3. The SMILES string of the molecule is Cc1oc2c(c(C)nn2-c2cccc(Br)c2)c1C(=O)O. The summed E-state index contributed by atoms with van der Waals surface area (Å²) in [5.41, 5.74) is 2.08. The van der Waals surface area contributed by atoms with E-state index >= 15 is 0 Å². The van der Waals surface area contributed by atoms with Gasteiger partial charge in [-0.3, -0.25) is 0 Å². The molecule has 102 valence electrons. The normalized spacial score (nSPS) is 11.2. The predicted molar refractivity (Wildman–Crippen MR) is 77.5 cm³/mol. The second kappa shape index (κ2) is 4.49. The zero-order valence-corrected chi connectivity index (χ0v) is 12.4. The Morgan fingerprint density at radius 1 is 1.40 bits per heavy atom. The number of carboxylic acid groups (broad SMARTS) is 1. The number of carboxylic acids is 1. The van der Waals surface area contributed by atoms with E-state index in [1.165, 1.54) is 0 Å². The van der Waals surface area contributed by atoms with E-state index < -0.39 is 5.97 Å². The summed E-state index contributed by atoms with van der Waals surface area (Å²) in [5, 5.41) is 14.2. The molecule has 1 N–H and O–H groups in total. The van der Waals surface area contributed by atoms with Crippen LogP contribution in [0.5, 0.6) is 0 Å². The monoisotopic (exact) mass is 334 g/mol. The van der Waals surface area contributed by atoms with Crippen LogP contribution in [0.1, 0.15) is 21.8 Å². The number of carbonyl (C=O) groups is 1. The number of furan rings is 1. The number of halogens is 1. The van der Waals surface area contributed by atoms with Crippen LogP contribution in [0.4, 0.5) is 0 Å². The van der Waals surface area contributed by atoms with Gasteiger partial charge in [-0.15, -0.1) is 0 Å². The third-order valence-electron chi connectivity index (χ3n) is 3.14. The first kappa shape index (κ1) is 12.9. The number of hydrogen-bond acceptors (Lipinski definition) is 3. The number of rotatable bonds is 2. The molecule has 3 aromatic rings. The highest BCUT2D eigenvalue weighted by molar-refractivity contribution is 9.10. The molecule has 5 nitrogen and oxygen atoms in total. The fraction of sp³-hybridized carbons (Fsp3) is 0.143. The Kier molecular flexibility index (Phi) is 2.90. The molecule has 20 heavy (non-hydrogen) atoms. The van der Waals surface area contributed by atoms with Gasteiger partial charge in [0.2, 0.25) is 5.71 Å². The van der Waals surface area contributed by atoms with Crippen molar-refractivity contribution in [2.24, 2.45) is 0 Å². The van der Waals surface area contributed by atoms with E-state index in [0.29, 0.717) is 22.6 Å². The summed E-state index contributed by atoms with van der Waals surface area (Å²) in [6, 6.07) is 7.57. The van der Waals surface area contributed by atoms with Crippen molar-refractivity contribution in [3.05, 3.63) is 45.8 Å². The van der Waals surface area contributed by atoms with Crippen molar-refractivity contribution in [1.29, 1.82) is 0 Å². The number of benzene rings is 1. The number of aromatic nitrogens is 2. The fourth-order valence-corrected chi connectivity index (χ4v) is 2.69. The van der Waals surface area contributed by atoms with Gasteiger partial charge in [-0.25, -0.2) is 4.79 Å². The number of aryl methyl sites for hydroxylation is 2. The Labute approximate surface area is 122 Å². The summed E-state index contributed by atoms with van der Waals surface area (Å²) >= 11 is 3.41. The van der Waals surface area contributed by atoms with Crippen LogP contribution in [0, 0.1) is 13.8 Å². The molecule has 0 radical (unpaired) electrons. The standard InChI is InChI=1S/C14H11BrN2O3/c1-7-11-12(14(18)19)8(2)20-13(11)17(16-7)10-5-3-4-9(15)6-10/h3-6H,1-2H3,(H,18,19). The molecule has 0 saturated carbocycles. The minimum absolute atomic E-state index is 0.179. The van der Waals surface area contributed by atoms with Gasteiger partial charge in [-0.1, -0.05) is 22.0 Å². The van der Waals surface area contributed by atoms with Gasteiger partial charge in [0.05, 0.1) is 16.8 Å². The van der Waals surface area contributed by atoms with Crippen LogP contribution in [-0.4, -0.2) is 20.9 Å². The van der Waals surface area contributed by atoms with Gasteiger partial charge in [-0.05, 0) is 32.0 Å². The molecule has 0 aliphatic carbocycles. The number of fused-ring (bicyclic) bond motifs is 1. The summed E-state index contributed by atoms with van der Waals surface area (Å²) in [5.74, 6) is -0.616. The highest BCUT2D eigenvalue weighted by Crippen LogP contribution is 2.30. The molecule has 0 atom stereocenters. The van der Waals surface area contributed by atoms with Crippen molar-refractivity contribution < 1.29 is 14.3 Å². The maximum absolute atomic E-state index is 11.3. The Hall–Kier alpha value is -2.08. The molecule has 0 aliphatic rings. The van der Waals surface area contributed by atoms with Gasteiger partial charge in [-0.2, -0.15) is 9.78 Å². The lowest BCUT2D eigenvalue weighted by molar-refractivity contribution is 0.0697. The first-order chi connectivity index (χ1) is 9.49. The molecule has 0 fully saturated rings. The van der Waals surface area contributed by atoms with Crippen LogP contribution in [-0.2, 0) is 0 Å². The van der Waals surface area contributed by atoms with E-state index in [9.17, 15) is 9.90 Å². The molecule has 3 rings (SSSR count). The van der Waals surface area contributed by atoms with E-state index in [1.54, 1.807) is 18.5 Å². The topological polar surface area (TPSA) is 68.3 Å². The van der Waals surface area contributed by atoms with E-state index in [4.69, 9.17) is 4.42 Å². The van der Waals surface area contributed by atoms with E-state index in [-0.39, 0.29) is 5.56 Å². The van der Waals surface area contributed by atoms with Crippen molar-refractivity contribution in [2.45, 2.75) is 13.8 Å². The largest absolute Gasteiger partial charge is 0.478 e. The van der Waals surface area contributed by atoms with Gasteiger partial charge in [0.1, 0.15) is 11.3 Å². The lowest BCUT2D eigenvalue weighted by atomic mass is 10.1. The molecule has 0 amide bonds. The van der Waals surface area contributed by atoms with Crippen molar-refractivity contribution in [2.75, 3.05) is 0 Å². The molecule has 0 bridgehead atoms. The Morgan fingerprint density at radius 3 is 2.80 bits per heavy atom. The average Bonchev–Trinajstić information content (AvgIpc) is 2.86. The number of nitrogens with zero attached hydrogens (tertiary/aromatic N) is 2. The highest BCUT2D eigenvalue weighted by Gasteiger charge is 2.24. The fourth-order valence-electron chi connectivity index (χ4n) is 2.30. The van der Waals surface area contributed by atoms with E-state index in [2.05, 4.69) is 21.0 Å². The lowest BCUT2D eigenvalue weighted by Gasteiger charge is -2.01. The van der Waals surface area contributed by atoms with Crippen LogP contribution in [0.2, 0.25) is 0 Å². The van der Waals surface area contributed by atoms with Crippen molar-refractivity contribution in [1.82, 2.24) is 9.78 Å². The minimum Gasteiger partial charge on any atom is -0.478 e. The summed E-state index contributed by atoms with van der Waals surface area (Å²) in [6.07, 6.45) is 0. The van der Waals surface area contributed by atoms with Crippen LogP contribution in [0.15, 0.2) is 33.2 Å². The van der Waals surface area contributed by atoms with Crippen LogP contribution in [0.25, 0.3) is 16.8 Å². The molecule has 2 aromatic heterocycles. The summed E-state index contributed by atoms with van der Waals surface area (Å²) in [7, 11) is 0. The van der Waals surface area contributed by atoms with Crippen molar-refractivity contribution in [3.63, 3.8) is 0 Å². The Balaban J connectivity index is 2.34. The van der Waals surface area contributed by atoms with Gasteiger partial charge in [0, 0.05) is 4.47 Å². The summed E-state index contributed by atoms with van der Waals surface area (Å²) in [6.45, 7) is 3.42. The average molecular weight is 335 g/mol. The van der Waals surface area contributed by atoms with Crippen molar-refractivity contribution >= 4 is 33.0 Å². The molecular weight excluding hydrogens is 324 g/mol. The van der Waals surface area contributed by atoms with E-state index in [0.717, 1.165) is 10.2 Å². The second-order valence-electron chi connectivity index (χ2n) is 4.50. The number of hydrogen-bond donors (Lipinski definition) is 1. The van der Waals surface area contributed by atoms with Crippen LogP contribution < -0.4 is 0 Å². The summed E-state index contributed by atoms with van der Waals surface area (Å²) in [4.78, 5) is 11.3. The lowest BCUT2D eigenvalue weighted by Crippen LogP contribution is -1.97. The third-order valence-corrected chi connectivity index (χ3v) is 3.63. The van der Waals surface area contributed by atoms with Crippen LogP contribution >= 0.6 is 15.9 Å². The first-order valence-electron chi connectivity index (χ1n) is 5.97. The maximum Gasteiger partial charge on any atom is 0.340 e. The Morgan fingerprint density at radius 2 is 2.15 bits per heavy atom. The number of aromatic carboxylic acids is 1. The second-order valence-corrected chi connectivity index (χ2v) is 5.41. The quantitative estimate of drug-likeness (QED) is 0.775. The molecule has 0 aliphatic heterocycles. The molecular formula is C14H11BrN2O3. The molecule has 6 heteroatoms. The molecule has 2 heterocycles. The molecule has 0 saturated heterocycles. The van der Waals surface area contributed by atoms with Gasteiger partial charge in [0.15, 0.2) is 0 Å². The zero-order valence-electron chi connectivity index (χ0n) is 10.8. The smallest absolute Gasteiger partial charge is 0.340 e. The molecule has 1 aromatic carbocycles. The van der Waals surface area contributed by atoms with Gasteiger partial charge in [0.25, 0.3) is 0 Å². The van der Waals surface area contributed by atoms with Crippen molar-refractivity contribution in [3.8, 4) is 5.69 Å².